The van der Waals surface area contributed by atoms with Crippen molar-refractivity contribution in [3.8, 4) is 11.5 Å². The van der Waals surface area contributed by atoms with Crippen LogP contribution in [0, 0.1) is 0 Å². The van der Waals surface area contributed by atoms with Crippen molar-refractivity contribution in [1.29, 1.82) is 0 Å². The number of hydrogen-bond acceptors (Lipinski definition) is 4. The summed E-state index contributed by atoms with van der Waals surface area (Å²) in [6.07, 6.45) is 2.61. The van der Waals surface area contributed by atoms with Crippen molar-refractivity contribution in [2.45, 2.75) is 6.10 Å². The molecule has 0 aromatic heterocycles. The molecular weight excluding hydrogens is 196 g/mol. The van der Waals surface area contributed by atoms with Crippen LogP contribution in [0.2, 0.25) is 0 Å². The van der Waals surface area contributed by atoms with Gasteiger partial charge >= 0.3 is 5.97 Å². The van der Waals surface area contributed by atoms with Gasteiger partial charge in [0.2, 0.25) is 6.10 Å². The van der Waals surface area contributed by atoms with E-state index in [9.17, 15) is 9.90 Å². The molecular formula is C11H10O4. The van der Waals surface area contributed by atoms with E-state index in [4.69, 9.17) is 4.74 Å². The van der Waals surface area contributed by atoms with Crippen LogP contribution in [0.3, 0.4) is 0 Å². The van der Waals surface area contributed by atoms with Crippen LogP contribution in [-0.2, 0) is 9.53 Å². The van der Waals surface area contributed by atoms with Crippen LogP contribution in [-0.4, -0.2) is 24.3 Å². The summed E-state index contributed by atoms with van der Waals surface area (Å²) in [5, 5.41) is 9.23. The van der Waals surface area contributed by atoms with E-state index in [0.29, 0.717) is 5.75 Å². The minimum atomic E-state index is -0.702. The molecule has 0 unspecified atom stereocenters. The predicted octanol–water partition coefficient (Wildman–Crippen LogP) is 1.34. The summed E-state index contributed by atoms with van der Waals surface area (Å²) in [5.74, 6) is 0.286. The van der Waals surface area contributed by atoms with Crippen molar-refractivity contribution in [3.63, 3.8) is 0 Å². The van der Waals surface area contributed by atoms with Crippen molar-refractivity contribution >= 4 is 12.0 Å². The number of hydrogen-bond donors (Lipinski definition) is 1. The first-order valence-corrected chi connectivity index (χ1v) is 4.46. The zero-order valence-electron chi connectivity index (χ0n) is 8.14. The Morgan fingerprint density at radius 1 is 1.53 bits per heavy atom. The fourth-order valence-electron chi connectivity index (χ4n) is 1.38. The Balaban J connectivity index is 2.28. The minimum absolute atomic E-state index is 0.165. The number of carbonyl (C=O) groups excluding carboxylic acids is 1. The van der Waals surface area contributed by atoms with E-state index in [1.54, 1.807) is 24.3 Å². The second-order valence-electron chi connectivity index (χ2n) is 3.14. The zero-order chi connectivity index (χ0) is 10.8. The van der Waals surface area contributed by atoms with E-state index < -0.39 is 12.1 Å². The van der Waals surface area contributed by atoms with E-state index in [-0.39, 0.29) is 5.75 Å². The number of phenols is 1. The average Bonchev–Trinajstić information content (AvgIpc) is 2.27. The number of rotatable bonds is 1. The number of fused-ring (bicyclic) bond motifs is 1. The first-order valence-electron chi connectivity index (χ1n) is 4.46. The molecule has 1 heterocycles. The standard InChI is InChI=1S/C11H10O4/c1-14-11(13)10-4-2-7-6-8(12)3-5-9(7)15-10/h2-6,10,12H,1H3/t10-/m1/s1. The van der Waals surface area contributed by atoms with Crippen LogP contribution in [0.25, 0.3) is 6.08 Å². The first-order chi connectivity index (χ1) is 7.20. The van der Waals surface area contributed by atoms with Crippen LogP contribution in [0.1, 0.15) is 5.56 Å². The Labute approximate surface area is 86.7 Å². The highest BCUT2D eigenvalue weighted by Gasteiger charge is 2.22. The molecule has 1 N–H and O–H groups in total. The lowest BCUT2D eigenvalue weighted by atomic mass is 10.1. The minimum Gasteiger partial charge on any atom is -0.508 e. The molecule has 4 nitrogen and oxygen atoms in total. The average molecular weight is 206 g/mol. The number of methoxy groups -OCH3 is 1. The lowest BCUT2D eigenvalue weighted by molar-refractivity contribution is -0.146. The Hall–Kier alpha value is -1.97. The van der Waals surface area contributed by atoms with Crippen molar-refractivity contribution in [3.05, 3.63) is 29.8 Å². The highest BCUT2D eigenvalue weighted by molar-refractivity contribution is 5.80. The SMILES string of the molecule is COC(=O)[C@H]1C=Cc2cc(O)ccc2O1. The predicted molar refractivity (Wildman–Crippen MR) is 53.6 cm³/mol. The summed E-state index contributed by atoms with van der Waals surface area (Å²) in [5.41, 5.74) is 0.746. The van der Waals surface area contributed by atoms with E-state index >= 15 is 0 Å². The van der Waals surface area contributed by atoms with Gasteiger partial charge in [-0.15, -0.1) is 0 Å². The molecule has 0 saturated carbocycles. The third-order valence-corrected chi connectivity index (χ3v) is 2.13. The Bertz CT molecular complexity index is 423. The van der Waals surface area contributed by atoms with E-state index in [1.807, 2.05) is 0 Å². The fourth-order valence-corrected chi connectivity index (χ4v) is 1.38. The maximum atomic E-state index is 11.2. The molecule has 0 bridgehead atoms. The monoisotopic (exact) mass is 206 g/mol. The summed E-state index contributed by atoms with van der Waals surface area (Å²) in [6, 6.07) is 4.69. The van der Waals surface area contributed by atoms with Gasteiger partial charge in [0, 0.05) is 5.56 Å². The maximum absolute atomic E-state index is 11.2. The molecule has 78 valence electrons. The molecule has 0 saturated heterocycles. The first kappa shape index (κ1) is 9.58. The van der Waals surface area contributed by atoms with Crippen LogP contribution in [0.5, 0.6) is 11.5 Å². The van der Waals surface area contributed by atoms with Crippen molar-refractivity contribution < 1.29 is 19.4 Å². The largest absolute Gasteiger partial charge is 0.508 e. The summed E-state index contributed by atoms with van der Waals surface area (Å²) in [7, 11) is 1.31. The molecule has 0 aliphatic carbocycles. The van der Waals surface area contributed by atoms with Crippen LogP contribution in [0.4, 0.5) is 0 Å². The van der Waals surface area contributed by atoms with E-state index in [2.05, 4.69) is 4.74 Å². The molecule has 4 heteroatoms. The number of esters is 1. The van der Waals surface area contributed by atoms with Crippen molar-refractivity contribution in [2.24, 2.45) is 0 Å². The van der Waals surface area contributed by atoms with Gasteiger partial charge in [-0.3, -0.25) is 0 Å². The molecule has 15 heavy (non-hydrogen) atoms. The van der Waals surface area contributed by atoms with Crippen molar-refractivity contribution in [1.82, 2.24) is 0 Å². The van der Waals surface area contributed by atoms with Gasteiger partial charge < -0.3 is 14.6 Å². The van der Waals surface area contributed by atoms with Gasteiger partial charge in [-0.1, -0.05) is 6.08 Å². The fraction of sp³-hybridized carbons (Fsp3) is 0.182. The number of aromatic hydroxyl groups is 1. The van der Waals surface area contributed by atoms with Gasteiger partial charge in [0.1, 0.15) is 11.5 Å². The van der Waals surface area contributed by atoms with Gasteiger partial charge in [-0.25, -0.2) is 4.79 Å². The third-order valence-electron chi connectivity index (χ3n) is 2.13. The molecule has 0 spiro atoms. The Morgan fingerprint density at radius 2 is 2.33 bits per heavy atom. The van der Waals surface area contributed by atoms with Gasteiger partial charge in [0.25, 0.3) is 0 Å². The molecule has 1 aromatic carbocycles. The number of phenolic OH excluding ortho intramolecular Hbond substituents is 1. The highest BCUT2D eigenvalue weighted by Crippen LogP contribution is 2.29. The van der Waals surface area contributed by atoms with Gasteiger partial charge in [0.15, 0.2) is 0 Å². The molecule has 0 radical (unpaired) electrons. The number of ether oxygens (including phenoxy) is 2. The Kier molecular flexibility index (Phi) is 2.33. The molecule has 1 aliphatic rings. The van der Waals surface area contributed by atoms with Gasteiger partial charge in [0.05, 0.1) is 7.11 Å². The summed E-state index contributed by atoms with van der Waals surface area (Å²) < 4.78 is 9.93. The second kappa shape index (κ2) is 3.65. The molecule has 1 atom stereocenters. The molecule has 0 fully saturated rings. The Morgan fingerprint density at radius 3 is 3.07 bits per heavy atom. The number of benzene rings is 1. The quantitative estimate of drug-likeness (QED) is 0.704. The van der Waals surface area contributed by atoms with Crippen molar-refractivity contribution in [2.75, 3.05) is 7.11 Å². The van der Waals surface area contributed by atoms with Gasteiger partial charge in [-0.05, 0) is 24.3 Å². The summed E-state index contributed by atoms with van der Waals surface area (Å²) in [6.45, 7) is 0. The molecule has 1 aliphatic heterocycles. The lowest BCUT2D eigenvalue weighted by Crippen LogP contribution is -2.28. The smallest absolute Gasteiger partial charge is 0.351 e. The topological polar surface area (TPSA) is 55.8 Å². The van der Waals surface area contributed by atoms with Crippen LogP contribution >= 0.6 is 0 Å². The molecule has 2 rings (SSSR count). The molecule has 1 aromatic rings. The summed E-state index contributed by atoms with van der Waals surface area (Å²) >= 11 is 0. The third kappa shape index (κ3) is 1.79. The van der Waals surface area contributed by atoms with E-state index in [0.717, 1.165) is 5.56 Å². The molecule has 0 amide bonds. The zero-order valence-corrected chi connectivity index (χ0v) is 8.14. The highest BCUT2D eigenvalue weighted by atomic mass is 16.6. The van der Waals surface area contributed by atoms with Gasteiger partial charge in [-0.2, -0.15) is 0 Å². The van der Waals surface area contributed by atoms with Crippen LogP contribution in [0.15, 0.2) is 24.3 Å². The normalized spacial score (nSPS) is 17.8. The second-order valence-corrected chi connectivity index (χ2v) is 3.14. The maximum Gasteiger partial charge on any atom is 0.351 e. The number of carbonyl (C=O) groups is 1. The van der Waals surface area contributed by atoms with E-state index in [1.165, 1.54) is 13.2 Å². The van der Waals surface area contributed by atoms with Crippen LogP contribution < -0.4 is 4.74 Å². The lowest BCUT2D eigenvalue weighted by Gasteiger charge is -2.19. The summed E-state index contributed by atoms with van der Waals surface area (Å²) in [4.78, 5) is 11.2.